The van der Waals surface area contributed by atoms with Crippen LogP contribution in [0.15, 0.2) is 23.1 Å². The van der Waals surface area contributed by atoms with Gasteiger partial charge in [0.25, 0.3) is 0 Å². The Morgan fingerprint density at radius 1 is 1.35 bits per heavy atom. The normalized spacial score (nSPS) is 16.9. The van der Waals surface area contributed by atoms with Crippen molar-refractivity contribution >= 4 is 27.8 Å². The number of phenols is 1. The number of hydrogen-bond donors (Lipinski definition) is 1. The molecule has 1 saturated heterocycles. The number of rotatable bonds is 3. The summed E-state index contributed by atoms with van der Waals surface area (Å²) < 4.78 is 30.8. The topological polar surface area (TPSA) is 83.9 Å². The lowest BCUT2D eigenvalue weighted by Gasteiger charge is -2.25. The van der Waals surface area contributed by atoms with Crippen LogP contribution in [0.5, 0.6) is 5.75 Å². The van der Waals surface area contributed by atoms with Crippen molar-refractivity contribution in [2.45, 2.75) is 4.90 Å². The minimum atomic E-state index is -3.64. The first-order valence-corrected chi connectivity index (χ1v) is 8.55. The maximum Gasteiger partial charge on any atom is 0.341 e. The number of aromatic hydroxyl groups is 1. The van der Waals surface area contributed by atoms with Crippen LogP contribution in [0.2, 0.25) is 0 Å². The number of sulfonamides is 1. The van der Waals surface area contributed by atoms with Crippen LogP contribution in [0.3, 0.4) is 0 Å². The molecule has 1 fully saturated rings. The summed E-state index contributed by atoms with van der Waals surface area (Å²) in [6.07, 6.45) is 0. The second-order valence-corrected chi connectivity index (χ2v) is 7.35. The number of hydrogen-bond acceptors (Lipinski definition) is 6. The van der Waals surface area contributed by atoms with Gasteiger partial charge >= 0.3 is 5.97 Å². The van der Waals surface area contributed by atoms with E-state index in [0.29, 0.717) is 13.1 Å². The van der Waals surface area contributed by atoms with Crippen LogP contribution >= 0.6 is 11.8 Å². The third-order valence-corrected chi connectivity index (χ3v) is 5.82. The number of methoxy groups -OCH3 is 1. The van der Waals surface area contributed by atoms with Gasteiger partial charge in [0.1, 0.15) is 11.3 Å². The summed E-state index contributed by atoms with van der Waals surface area (Å²) in [5, 5.41) is 9.60. The van der Waals surface area contributed by atoms with Crippen LogP contribution in [0.1, 0.15) is 10.4 Å². The smallest absolute Gasteiger partial charge is 0.341 e. The summed E-state index contributed by atoms with van der Waals surface area (Å²) in [4.78, 5) is 11.5. The predicted molar refractivity (Wildman–Crippen MR) is 75.5 cm³/mol. The van der Waals surface area contributed by atoms with Crippen LogP contribution in [0.25, 0.3) is 0 Å². The Kier molecular flexibility index (Phi) is 4.56. The van der Waals surface area contributed by atoms with Gasteiger partial charge in [0.2, 0.25) is 10.0 Å². The number of thioether (sulfide) groups is 1. The first-order valence-electron chi connectivity index (χ1n) is 5.96. The van der Waals surface area contributed by atoms with Crippen molar-refractivity contribution in [3.05, 3.63) is 23.8 Å². The molecule has 0 aliphatic carbocycles. The number of esters is 1. The van der Waals surface area contributed by atoms with E-state index in [1.807, 2.05) is 0 Å². The Hall–Kier alpha value is -1.25. The first-order chi connectivity index (χ1) is 9.46. The Labute approximate surface area is 121 Å². The highest BCUT2D eigenvalue weighted by Gasteiger charge is 2.27. The maximum atomic E-state index is 12.4. The summed E-state index contributed by atoms with van der Waals surface area (Å²) >= 11 is 1.70. The molecule has 0 radical (unpaired) electrons. The summed E-state index contributed by atoms with van der Waals surface area (Å²) in [6.45, 7) is 0.892. The molecule has 6 nitrogen and oxygen atoms in total. The van der Waals surface area contributed by atoms with Crippen molar-refractivity contribution in [1.82, 2.24) is 4.31 Å². The molecular formula is C12H15NO5S2. The SMILES string of the molecule is COC(=O)c1cc(S(=O)(=O)N2CCSCC2)ccc1O. The zero-order chi connectivity index (χ0) is 14.8. The number of nitrogens with zero attached hydrogens (tertiary/aromatic N) is 1. The van der Waals surface area contributed by atoms with Gasteiger partial charge in [0.05, 0.1) is 12.0 Å². The quantitative estimate of drug-likeness (QED) is 0.835. The molecule has 0 saturated carbocycles. The Balaban J connectivity index is 2.39. The number of ether oxygens (including phenoxy) is 1. The van der Waals surface area contributed by atoms with Gasteiger partial charge in [0.15, 0.2) is 0 Å². The maximum absolute atomic E-state index is 12.4. The van der Waals surface area contributed by atoms with Crippen molar-refractivity contribution in [1.29, 1.82) is 0 Å². The second kappa shape index (κ2) is 6.02. The highest BCUT2D eigenvalue weighted by Crippen LogP contribution is 2.25. The fraction of sp³-hybridized carbons (Fsp3) is 0.417. The molecule has 0 aromatic heterocycles. The van der Waals surface area contributed by atoms with E-state index in [2.05, 4.69) is 4.74 Å². The largest absolute Gasteiger partial charge is 0.507 e. The molecule has 0 bridgehead atoms. The van der Waals surface area contributed by atoms with E-state index in [0.717, 1.165) is 17.6 Å². The molecule has 1 aliphatic heterocycles. The van der Waals surface area contributed by atoms with E-state index in [1.165, 1.54) is 23.5 Å². The van der Waals surface area contributed by atoms with Gasteiger partial charge in [-0.1, -0.05) is 0 Å². The fourth-order valence-electron chi connectivity index (χ4n) is 1.89. The van der Waals surface area contributed by atoms with Crippen LogP contribution in [0.4, 0.5) is 0 Å². The Morgan fingerprint density at radius 3 is 2.60 bits per heavy atom. The van der Waals surface area contributed by atoms with E-state index in [9.17, 15) is 18.3 Å². The van der Waals surface area contributed by atoms with Crippen molar-refractivity contribution in [2.24, 2.45) is 0 Å². The molecule has 1 aromatic rings. The van der Waals surface area contributed by atoms with Crippen molar-refractivity contribution in [2.75, 3.05) is 31.7 Å². The third kappa shape index (κ3) is 2.92. The highest BCUT2D eigenvalue weighted by atomic mass is 32.2. The average Bonchev–Trinajstić information content (AvgIpc) is 2.47. The lowest BCUT2D eigenvalue weighted by molar-refractivity contribution is 0.0597. The van der Waals surface area contributed by atoms with E-state index in [1.54, 1.807) is 11.8 Å². The molecule has 0 unspecified atom stereocenters. The van der Waals surface area contributed by atoms with Crippen molar-refractivity contribution in [3.63, 3.8) is 0 Å². The van der Waals surface area contributed by atoms with Gasteiger partial charge in [-0.3, -0.25) is 0 Å². The van der Waals surface area contributed by atoms with Crippen molar-refractivity contribution in [3.8, 4) is 5.75 Å². The zero-order valence-corrected chi connectivity index (χ0v) is 12.5. The molecule has 1 aromatic carbocycles. The second-order valence-electron chi connectivity index (χ2n) is 4.19. The molecule has 0 amide bonds. The molecule has 1 aliphatic rings. The predicted octanol–water partition coefficient (Wildman–Crippen LogP) is 0.916. The number of benzene rings is 1. The highest BCUT2D eigenvalue weighted by molar-refractivity contribution is 7.99. The minimum Gasteiger partial charge on any atom is -0.507 e. The lowest BCUT2D eigenvalue weighted by atomic mass is 10.2. The minimum absolute atomic E-state index is 0.0115. The zero-order valence-electron chi connectivity index (χ0n) is 10.9. The fourth-order valence-corrected chi connectivity index (χ4v) is 4.49. The number of phenolic OH excluding ortho intramolecular Hbond substituents is 1. The van der Waals surface area contributed by atoms with Gasteiger partial charge in [-0.05, 0) is 18.2 Å². The van der Waals surface area contributed by atoms with Crippen LogP contribution in [-0.4, -0.2) is 55.5 Å². The molecule has 110 valence electrons. The summed E-state index contributed by atoms with van der Waals surface area (Å²) in [6, 6.07) is 3.63. The molecule has 0 spiro atoms. The average molecular weight is 317 g/mol. The lowest BCUT2D eigenvalue weighted by Crippen LogP contribution is -2.37. The Bertz CT molecular complexity index is 608. The van der Waals surface area contributed by atoms with E-state index in [-0.39, 0.29) is 16.2 Å². The van der Waals surface area contributed by atoms with E-state index in [4.69, 9.17) is 0 Å². The molecule has 1 N–H and O–H groups in total. The molecule has 20 heavy (non-hydrogen) atoms. The molecule has 8 heteroatoms. The van der Waals surface area contributed by atoms with Crippen LogP contribution in [0, 0.1) is 0 Å². The Morgan fingerprint density at radius 2 is 2.00 bits per heavy atom. The van der Waals surface area contributed by atoms with Crippen molar-refractivity contribution < 1.29 is 23.1 Å². The molecule has 2 rings (SSSR count). The number of carbonyl (C=O) groups is 1. The van der Waals surface area contributed by atoms with E-state index < -0.39 is 16.0 Å². The number of carbonyl (C=O) groups excluding carboxylic acids is 1. The third-order valence-electron chi connectivity index (χ3n) is 2.98. The van der Waals surface area contributed by atoms with Crippen LogP contribution < -0.4 is 0 Å². The van der Waals surface area contributed by atoms with Crippen LogP contribution in [-0.2, 0) is 14.8 Å². The molecule has 0 atom stereocenters. The van der Waals surface area contributed by atoms with Gasteiger partial charge in [-0.25, -0.2) is 13.2 Å². The molecular weight excluding hydrogens is 302 g/mol. The van der Waals surface area contributed by atoms with Gasteiger partial charge in [-0.2, -0.15) is 16.1 Å². The van der Waals surface area contributed by atoms with Gasteiger partial charge in [0, 0.05) is 24.6 Å². The van der Waals surface area contributed by atoms with E-state index >= 15 is 0 Å². The monoisotopic (exact) mass is 317 g/mol. The summed E-state index contributed by atoms with van der Waals surface area (Å²) in [5.41, 5.74) is -0.153. The standard InChI is InChI=1S/C12H15NO5S2/c1-18-12(15)10-8-9(2-3-11(10)14)20(16,17)13-4-6-19-7-5-13/h2-3,8,14H,4-7H2,1H3. The van der Waals surface area contributed by atoms with Gasteiger partial charge in [-0.15, -0.1) is 0 Å². The first kappa shape index (κ1) is 15.1. The summed E-state index contributed by atoms with van der Waals surface area (Å²) in [5.74, 6) is 0.432. The molecule has 1 heterocycles. The van der Waals surface area contributed by atoms with Gasteiger partial charge < -0.3 is 9.84 Å². The summed E-state index contributed by atoms with van der Waals surface area (Å²) in [7, 11) is -2.47.